The van der Waals surface area contributed by atoms with E-state index >= 15 is 0 Å². The Bertz CT molecular complexity index is 650. The largest absolute Gasteiger partial charge is 0.417 e. The van der Waals surface area contributed by atoms with Crippen LogP contribution >= 0.6 is 0 Å². The highest BCUT2D eigenvalue weighted by Gasteiger charge is 2.31. The lowest BCUT2D eigenvalue weighted by Crippen LogP contribution is -2.29. The highest BCUT2D eigenvalue weighted by atomic mass is 19.4. The summed E-state index contributed by atoms with van der Waals surface area (Å²) in [6, 6.07) is 10.8. The maximum Gasteiger partial charge on any atom is 0.417 e. The first-order valence-electron chi connectivity index (χ1n) is 6.41. The summed E-state index contributed by atoms with van der Waals surface area (Å²) in [6.07, 6.45) is -3.60. The van der Waals surface area contributed by atoms with Gasteiger partial charge in [-0.25, -0.2) is 0 Å². The van der Waals surface area contributed by atoms with Crippen LogP contribution in [0, 0.1) is 0 Å². The molecule has 0 aliphatic heterocycles. The van der Waals surface area contributed by atoms with Gasteiger partial charge < -0.3 is 9.88 Å². The van der Waals surface area contributed by atoms with Crippen LogP contribution in [0.15, 0.2) is 53.5 Å². The molecule has 0 radical (unpaired) electrons. The molecule has 1 N–H and O–H groups in total. The molecule has 0 spiro atoms. The zero-order valence-electron chi connectivity index (χ0n) is 11.4. The van der Waals surface area contributed by atoms with Crippen molar-refractivity contribution in [3.05, 3.63) is 70.1 Å². The van der Waals surface area contributed by atoms with E-state index in [1.807, 2.05) is 30.3 Å². The molecular weight excluding hydrogens is 281 g/mol. The molecule has 6 heteroatoms. The summed E-state index contributed by atoms with van der Waals surface area (Å²) >= 11 is 0. The maximum atomic E-state index is 12.7. The Morgan fingerprint density at radius 3 is 2.38 bits per heavy atom. The molecule has 1 aromatic carbocycles. The monoisotopic (exact) mass is 296 g/mol. The average Bonchev–Trinajstić information content (AvgIpc) is 2.46. The molecule has 0 amide bonds. The average molecular weight is 296 g/mol. The van der Waals surface area contributed by atoms with Crippen LogP contribution in [-0.2, 0) is 12.7 Å². The van der Waals surface area contributed by atoms with E-state index in [9.17, 15) is 18.0 Å². The smallest absolute Gasteiger partial charge is 0.313 e. The van der Waals surface area contributed by atoms with Crippen molar-refractivity contribution in [3.63, 3.8) is 0 Å². The first kappa shape index (κ1) is 15.3. The van der Waals surface area contributed by atoms with Gasteiger partial charge in [-0.3, -0.25) is 4.79 Å². The minimum atomic E-state index is -4.46. The quantitative estimate of drug-likeness (QED) is 0.941. The van der Waals surface area contributed by atoms with E-state index in [2.05, 4.69) is 5.32 Å². The molecule has 1 atom stereocenters. The predicted octanol–water partition coefficient (Wildman–Crippen LogP) is 2.83. The van der Waals surface area contributed by atoms with Crippen LogP contribution in [-0.4, -0.2) is 11.6 Å². The Kier molecular flexibility index (Phi) is 4.47. The first-order chi connectivity index (χ1) is 9.91. The van der Waals surface area contributed by atoms with Crippen molar-refractivity contribution in [2.45, 2.75) is 18.8 Å². The molecule has 1 unspecified atom stereocenters. The van der Waals surface area contributed by atoms with Crippen LogP contribution in [0.2, 0.25) is 0 Å². The third kappa shape index (κ3) is 3.72. The van der Waals surface area contributed by atoms with Crippen molar-refractivity contribution in [2.75, 3.05) is 7.05 Å². The molecule has 2 aromatic rings. The van der Waals surface area contributed by atoms with Gasteiger partial charge in [0.25, 0.3) is 5.56 Å². The number of nitrogens with zero attached hydrogens (tertiary/aromatic N) is 1. The van der Waals surface area contributed by atoms with Crippen LogP contribution in [0.3, 0.4) is 0 Å². The van der Waals surface area contributed by atoms with Crippen LogP contribution in [0.1, 0.15) is 17.2 Å². The molecule has 0 saturated carbocycles. The lowest BCUT2D eigenvalue weighted by Gasteiger charge is -2.19. The van der Waals surface area contributed by atoms with Crippen LogP contribution in [0.5, 0.6) is 0 Å². The number of nitrogens with one attached hydrogen (secondary N) is 1. The molecule has 0 saturated heterocycles. The Morgan fingerprint density at radius 2 is 1.81 bits per heavy atom. The molecule has 3 nitrogen and oxygen atoms in total. The molecule has 1 aromatic heterocycles. The number of aromatic nitrogens is 1. The van der Waals surface area contributed by atoms with Gasteiger partial charge in [0.1, 0.15) is 0 Å². The summed E-state index contributed by atoms with van der Waals surface area (Å²) < 4.78 is 39.2. The Hall–Kier alpha value is -2.08. The topological polar surface area (TPSA) is 34.0 Å². The zero-order valence-corrected chi connectivity index (χ0v) is 11.4. The summed E-state index contributed by atoms with van der Waals surface area (Å²) in [5.41, 5.74) is -0.381. The summed E-state index contributed by atoms with van der Waals surface area (Å²) in [7, 11) is 1.70. The van der Waals surface area contributed by atoms with Crippen molar-refractivity contribution in [1.29, 1.82) is 0 Å². The van der Waals surface area contributed by atoms with E-state index in [0.29, 0.717) is 0 Å². The summed E-state index contributed by atoms with van der Waals surface area (Å²) in [5, 5.41) is 3.01. The van der Waals surface area contributed by atoms with Gasteiger partial charge in [0.2, 0.25) is 0 Å². The minimum Gasteiger partial charge on any atom is -0.313 e. The van der Waals surface area contributed by atoms with Crippen molar-refractivity contribution in [1.82, 2.24) is 9.88 Å². The second kappa shape index (κ2) is 6.13. The maximum absolute atomic E-state index is 12.7. The molecule has 21 heavy (non-hydrogen) atoms. The number of halogens is 3. The summed E-state index contributed by atoms with van der Waals surface area (Å²) in [4.78, 5) is 11.7. The lowest BCUT2D eigenvalue weighted by atomic mass is 10.1. The van der Waals surface area contributed by atoms with Gasteiger partial charge in [-0.2, -0.15) is 13.2 Å². The van der Waals surface area contributed by atoms with E-state index in [4.69, 9.17) is 0 Å². The van der Waals surface area contributed by atoms with Crippen LogP contribution in [0.25, 0.3) is 0 Å². The van der Waals surface area contributed by atoms with E-state index in [0.717, 1.165) is 28.5 Å². The van der Waals surface area contributed by atoms with Gasteiger partial charge >= 0.3 is 6.18 Å². The van der Waals surface area contributed by atoms with Gasteiger partial charge in [-0.15, -0.1) is 0 Å². The molecule has 112 valence electrons. The summed E-state index contributed by atoms with van der Waals surface area (Å²) in [5.74, 6) is 0. The highest BCUT2D eigenvalue weighted by molar-refractivity contribution is 5.19. The first-order valence-corrected chi connectivity index (χ1v) is 6.41. The van der Waals surface area contributed by atoms with E-state index in [1.165, 1.54) is 0 Å². The van der Waals surface area contributed by atoms with E-state index in [1.54, 1.807) is 7.05 Å². The minimum absolute atomic E-state index is 0.128. The lowest BCUT2D eigenvalue weighted by molar-refractivity contribution is -0.138. The number of hydrogen-bond donors (Lipinski definition) is 1. The van der Waals surface area contributed by atoms with Crippen molar-refractivity contribution in [2.24, 2.45) is 0 Å². The zero-order chi connectivity index (χ0) is 15.5. The van der Waals surface area contributed by atoms with Gasteiger partial charge in [-0.1, -0.05) is 30.3 Å². The Labute approximate surface area is 120 Å². The highest BCUT2D eigenvalue weighted by Crippen LogP contribution is 2.28. The molecule has 0 aliphatic carbocycles. The number of benzene rings is 1. The van der Waals surface area contributed by atoms with Gasteiger partial charge in [0.05, 0.1) is 11.6 Å². The fourth-order valence-corrected chi connectivity index (χ4v) is 2.09. The van der Waals surface area contributed by atoms with Crippen molar-refractivity contribution < 1.29 is 13.2 Å². The number of likely N-dealkylation sites (N-methyl/N-ethyl adjacent to an activating group) is 1. The fourth-order valence-electron chi connectivity index (χ4n) is 2.09. The third-order valence-electron chi connectivity index (χ3n) is 3.24. The second-order valence-corrected chi connectivity index (χ2v) is 4.66. The van der Waals surface area contributed by atoms with Crippen molar-refractivity contribution >= 4 is 0 Å². The molecule has 0 aliphatic rings. The molecule has 0 bridgehead atoms. The molecule has 2 rings (SSSR count). The van der Waals surface area contributed by atoms with E-state index in [-0.39, 0.29) is 12.6 Å². The number of rotatable bonds is 4. The number of alkyl halides is 3. The number of pyridine rings is 1. The summed E-state index contributed by atoms with van der Waals surface area (Å²) in [6.45, 7) is 0.128. The third-order valence-corrected chi connectivity index (χ3v) is 3.24. The SMILES string of the molecule is CNC(Cn1cc(C(F)(F)F)ccc1=O)c1ccccc1. The van der Waals surface area contributed by atoms with Gasteiger partial charge in [0.15, 0.2) is 0 Å². The Balaban J connectivity index is 2.32. The Morgan fingerprint density at radius 1 is 1.14 bits per heavy atom. The fraction of sp³-hybridized carbons (Fsp3) is 0.267. The number of hydrogen-bond acceptors (Lipinski definition) is 2. The van der Waals surface area contributed by atoms with E-state index < -0.39 is 17.3 Å². The van der Waals surface area contributed by atoms with Crippen LogP contribution in [0.4, 0.5) is 13.2 Å². The normalized spacial score (nSPS) is 13.1. The van der Waals surface area contributed by atoms with Crippen LogP contribution < -0.4 is 10.9 Å². The van der Waals surface area contributed by atoms with Gasteiger partial charge in [-0.05, 0) is 18.7 Å². The molecular formula is C15H15F3N2O. The predicted molar refractivity (Wildman–Crippen MR) is 73.9 cm³/mol. The molecule has 1 heterocycles. The van der Waals surface area contributed by atoms with Crippen molar-refractivity contribution in [3.8, 4) is 0 Å². The second-order valence-electron chi connectivity index (χ2n) is 4.66. The van der Waals surface area contributed by atoms with Gasteiger partial charge in [0, 0.05) is 18.8 Å². The molecule has 0 fully saturated rings. The standard InChI is InChI=1S/C15H15F3N2O/c1-19-13(11-5-3-2-4-6-11)10-20-9-12(15(16,17)18)7-8-14(20)21/h2-9,13,19H,10H2,1H3.